The first-order valence-electron chi connectivity index (χ1n) is 12.4. The molecule has 0 bridgehead atoms. The fourth-order valence-electron chi connectivity index (χ4n) is 8.97. The minimum absolute atomic E-state index is 0.390. The molecule has 0 aliphatic heterocycles. The lowest BCUT2D eigenvalue weighted by Crippen LogP contribution is -2.50. The number of fused-ring (bicyclic) bond motifs is 5. The molecule has 0 aromatic carbocycles. The lowest BCUT2D eigenvalue weighted by Gasteiger charge is -2.57. The van der Waals surface area contributed by atoms with Crippen LogP contribution in [0.2, 0.25) is 0 Å². The minimum Gasteiger partial charge on any atom is -0.390 e. The van der Waals surface area contributed by atoms with Crippen molar-refractivity contribution in [2.45, 2.75) is 97.5 Å². The van der Waals surface area contributed by atoms with Crippen LogP contribution >= 0.6 is 11.3 Å². The van der Waals surface area contributed by atoms with Gasteiger partial charge in [0.15, 0.2) is 0 Å². The van der Waals surface area contributed by atoms with Crippen molar-refractivity contribution in [1.82, 2.24) is 4.98 Å². The Labute approximate surface area is 181 Å². The Bertz CT molecular complexity index is 741. The number of rotatable bonds is 3. The first kappa shape index (κ1) is 20.5. The molecule has 4 saturated carbocycles. The standard InChI is InChI=1S/C26H41NOS/c1-16(13-24-27-15-17(2)29-24)22-7-8-23-21-6-5-18-14-25(3,28)11-9-19(18)20(21)10-12-26(22,23)4/h15-16,18-23,28H,5-14H2,1-4H3/t16-,18+,19-,20+,21+,22?,23-,25+,26+/m0/s1. The summed E-state index contributed by atoms with van der Waals surface area (Å²) in [5, 5.41) is 12.0. The van der Waals surface area contributed by atoms with E-state index in [1.165, 1.54) is 61.3 Å². The molecular weight excluding hydrogens is 374 g/mol. The van der Waals surface area contributed by atoms with E-state index in [9.17, 15) is 5.11 Å². The second kappa shape index (κ2) is 7.33. The lowest BCUT2D eigenvalue weighted by atomic mass is 9.48. The van der Waals surface area contributed by atoms with Crippen molar-refractivity contribution in [3.8, 4) is 0 Å². The molecule has 0 saturated heterocycles. The number of aliphatic hydroxyl groups is 1. The molecule has 1 aromatic rings. The second-order valence-corrected chi connectivity index (χ2v) is 13.3. The number of hydrogen-bond acceptors (Lipinski definition) is 3. The highest BCUT2D eigenvalue weighted by molar-refractivity contribution is 7.11. The van der Waals surface area contributed by atoms with Crippen LogP contribution in [-0.4, -0.2) is 15.7 Å². The lowest BCUT2D eigenvalue weighted by molar-refractivity contribution is -0.102. The van der Waals surface area contributed by atoms with Crippen LogP contribution < -0.4 is 0 Å². The molecule has 0 spiro atoms. The Morgan fingerprint density at radius 3 is 2.62 bits per heavy atom. The van der Waals surface area contributed by atoms with Gasteiger partial charge in [0.1, 0.15) is 0 Å². The van der Waals surface area contributed by atoms with E-state index in [-0.39, 0.29) is 5.60 Å². The van der Waals surface area contributed by atoms with Gasteiger partial charge >= 0.3 is 0 Å². The van der Waals surface area contributed by atoms with Gasteiger partial charge < -0.3 is 5.11 Å². The van der Waals surface area contributed by atoms with Gasteiger partial charge in [-0.3, -0.25) is 0 Å². The molecular formula is C26H41NOS. The van der Waals surface area contributed by atoms with Gasteiger partial charge in [-0.2, -0.15) is 0 Å². The average Bonchev–Trinajstić information content (AvgIpc) is 3.22. The molecule has 1 unspecified atom stereocenters. The highest BCUT2D eigenvalue weighted by atomic mass is 32.1. The Morgan fingerprint density at radius 2 is 1.86 bits per heavy atom. The fraction of sp³-hybridized carbons (Fsp3) is 0.885. The van der Waals surface area contributed by atoms with Crippen LogP contribution in [0.1, 0.15) is 88.4 Å². The topological polar surface area (TPSA) is 33.1 Å². The van der Waals surface area contributed by atoms with Gasteiger partial charge in [0, 0.05) is 17.5 Å². The van der Waals surface area contributed by atoms with Crippen molar-refractivity contribution in [3.63, 3.8) is 0 Å². The van der Waals surface area contributed by atoms with E-state index in [4.69, 9.17) is 0 Å². The zero-order valence-corrected chi connectivity index (χ0v) is 19.8. The third-order valence-electron chi connectivity index (χ3n) is 10.2. The van der Waals surface area contributed by atoms with E-state index in [2.05, 4.69) is 38.9 Å². The molecule has 1 aromatic heterocycles. The maximum Gasteiger partial charge on any atom is 0.0930 e. The molecule has 0 radical (unpaired) electrons. The van der Waals surface area contributed by atoms with Gasteiger partial charge in [-0.05, 0) is 118 Å². The van der Waals surface area contributed by atoms with E-state index in [0.717, 1.165) is 54.3 Å². The molecule has 1 heterocycles. The molecule has 9 atom stereocenters. The summed E-state index contributed by atoms with van der Waals surface area (Å²) in [6.45, 7) is 9.45. The Hall–Kier alpha value is -0.410. The molecule has 29 heavy (non-hydrogen) atoms. The summed E-state index contributed by atoms with van der Waals surface area (Å²) < 4.78 is 0. The zero-order chi connectivity index (χ0) is 20.4. The summed E-state index contributed by atoms with van der Waals surface area (Å²) in [5.74, 6) is 6.23. The molecule has 5 rings (SSSR count). The van der Waals surface area contributed by atoms with E-state index in [1.54, 1.807) is 0 Å². The smallest absolute Gasteiger partial charge is 0.0930 e. The first-order valence-corrected chi connectivity index (χ1v) is 13.2. The summed E-state index contributed by atoms with van der Waals surface area (Å²) in [5.41, 5.74) is 0.166. The maximum absolute atomic E-state index is 10.6. The number of aryl methyl sites for hydroxylation is 1. The molecule has 162 valence electrons. The maximum atomic E-state index is 10.6. The van der Waals surface area contributed by atoms with Crippen LogP contribution in [0, 0.1) is 53.8 Å². The second-order valence-electron chi connectivity index (χ2n) is 11.9. The van der Waals surface area contributed by atoms with Crippen LogP contribution in [0.25, 0.3) is 0 Å². The van der Waals surface area contributed by atoms with Crippen LogP contribution in [0.3, 0.4) is 0 Å². The van der Waals surface area contributed by atoms with E-state index in [1.807, 2.05) is 11.3 Å². The number of hydrogen-bond donors (Lipinski definition) is 1. The monoisotopic (exact) mass is 415 g/mol. The highest BCUT2D eigenvalue weighted by Gasteiger charge is 2.58. The van der Waals surface area contributed by atoms with Gasteiger partial charge in [-0.1, -0.05) is 13.8 Å². The molecule has 1 N–H and O–H groups in total. The summed E-state index contributed by atoms with van der Waals surface area (Å²) in [6.07, 6.45) is 15.3. The van der Waals surface area contributed by atoms with Gasteiger partial charge in [-0.15, -0.1) is 11.3 Å². The van der Waals surface area contributed by atoms with Crippen molar-refractivity contribution in [3.05, 3.63) is 16.1 Å². The van der Waals surface area contributed by atoms with E-state index in [0.29, 0.717) is 5.41 Å². The van der Waals surface area contributed by atoms with E-state index >= 15 is 0 Å². The normalized spacial score (nSPS) is 47.9. The Kier molecular flexibility index (Phi) is 5.18. The first-order chi connectivity index (χ1) is 13.8. The largest absolute Gasteiger partial charge is 0.390 e. The van der Waals surface area contributed by atoms with Crippen molar-refractivity contribution in [2.75, 3.05) is 0 Å². The number of aromatic nitrogens is 1. The van der Waals surface area contributed by atoms with Crippen LogP contribution in [-0.2, 0) is 6.42 Å². The van der Waals surface area contributed by atoms with Crippen LogP contribution in [0.15, 0.2) is 6.20 Å². The summed E-state index contributed by atoms with van der Waals surface area (Å²) >= 11 is 1.90. The SMILES string of the molecule is Cc1cnc(C[C@H](C)C2CC[C@H]3[C@@H]4CC[C@@H]5C[C@](C)(O)CC[C@@H]5[C@H]4CC[C@]23C)s1. The van der Waals surface area contributed by atoms with Gasteiger partial charge in [0.25, 0.3) is 0 Å². The van der Waals surface area contributed by atoms with Crippen molar-refractivity contribution in [2.24, 2.45) is 46.8 Å². The Morgan fingerprint density at radius 1 is 1.07 bits per heavy atom. The molecule has 3 heteroatoms. The summed E-state index contributed by atoms with van der Waals surface area (Å²) in [7, 11) is 0. The van der Waals surface area contributed by atoms with Crippen LogP contribution in [0.4, 0.5) is 0 Å². The summed E-state index contributed by atoms with van der Waals surface area (Å²) in [6, 6.07) is 0. The number of thiazole rings is 1. The minimum atomic E-state index is -0.390. The average molecular weight is 416 g/mol. The van der Waals surface area contributed by atoms with Crippen molar-refractivity contribution in [1.29, 1.82) is 0 Å². The third-order valence-corrected chi connectivity index (χ3v) is 11.1. The van der Waals surface area contributed by atoms with Gasteiger partial charge in [0.05, 0.1) is 10.6 Å². The summed E-state index contributed by atoms with van der Waals surface area (Å²) in [4.78, 5) is 6.03. The quantitative estimate of drug-likeness (QED) is 0.599. The molecule has 2 nitrogen and oxygen atoms in total. The predicted octanol–water partition coefficient (Wildman–Crippen LogP) is 6.65. The molecule has 4 aliphatic rings. The fourth-order valence-corrected chi connectivity index (χ4v) is 9.90. The van der Waals surface area contributed by atoms with E-state index < -0.39 is 0 Å². The van der Waals surface area contributed by atoms with Gasteiger partial charge in [0.2, 0.25) is 0 Å². The van der Waals surface area contributed by atoms with Crippen molar-refractivity contribution >= 4 is 11.3 Å². The Balaban J connectivity index is 1.31. The molecule has 4 fully saturated rings. The molecule has 0 amide bonds. The highest BCUT2D eigenvalue weighted by Crippen LogP contribution is 2.65. The predicted molar refractivity (Wildman–Crippen MR) is 121 cm³/mol. The zero-order valence-electron chi connectivity index (χ0n) is 19.0. The van der Waals surface area contributed by atoms with Crippen LogP contribution in [0.5, 0.6) is 0 Å². The molecule has 4 aliphatic carbocycles. The van der Waals surface area contributed by atoms with Crippen molar-refractivity contribution < 1.29 is 5.11 Å². The third kappa shape index (κ3) is 3.53. The number of nitrogens with zero attached hydrogens (tertiary/aromatic N) is 1. The van der Waals surface area contributed by atoms with Gasteiger partial charge in [-0.25, -0.2) is 4.98 Å².